The molecule has 1 atom stereocenters. The maximum absolute atomic E-state index is 13.9. The van der Waals surface area contributed by atoms with Gasteiger partial charge in [0.2, 0.25) is 0 Å². The number of carbonyl (C=O) groups excluding carboxylic acids is 1. The zero-order chi connectivity index (χ0) is 28.1. The van der Waals surface area contributed by atoms with E-state index in [1.807, 2.05) is 27.7 Å². The van der Waals surface area contributed by atoms with E-state index < -0.39 is 17.3 Å². The zero-order valence-electron chi connectivity index (χ0n) is 23.2. The lowest BCUT2D eigenvalue weighted by Gasteiger charge is -2.33. The number of carbonyl (C=O) groups is 1. The van der Waals surface area contributed by atoms with Crippen LogP contribution in [0.2, 0.25) is 0 Å². The highest BCUT2D eigenvalue weighted by atomic mass is 19.4. The minimum absolute atomic E-state index is 0.0887. The third-order valence-corrected chi connectivity index (χ3v) is 6.27. The maximum Gasteiger partial charge on any atom is 0.419 e. The summed E-state index contributed by atoms with van der Waals surface area (Å²) in [6.07, 6.45) is -0.971. The van der Waals surface area contributed by atoms with E-state index in [4.69, 9.17) is 9.47 Å². The average molecular weight is 536 g/mol. The number of alkyl halides is 3. The molecule has 1 amide bonds. The molecule has 1 N–H and O–H groups in total. The van der Waals surface area contributed by atoms with Crippen LogP contribution < -0.4 is 10.1 Å². The van der Waals surface area contributed by atoms with Crippen LogP contribution in [0.4, 0.5) is 23.8 Å². The third-order valence-electron chi connectivity index (χ3n) is 6.27. The van der Waals surface area contributed by atoms with E-state index in [-0.39, 0.29) is 30.4 Å². The first-order valence-corrected chi connectivity index (χ1v) is 13.3. The van der Waals surface area contributed by atoms with Gasteiger partial charge in [0.25, 0.3) is 0 Å². The first-order chi connectivity index (χ1) is 17.7. The number of amides is 1. The number of likely N-dealkylation sites (tertiary alicyclic amines) is 1. The molecule has 6 nitrogen and oxygen atoms in total. The fourth-order valence-electron chi connectivity index (χ4n) is 4.59. The molecule has 3 rings (SSSR count). The third kappa shape index (κ3) is 8.81. The van der Waals surface area contributed by atoms with Crippen LogP contribution in [0.3, 0.4) is 0 Å². The molecule has 0 bridgehead atoms. The van der Waals surface area contributed by atoms with Crippen molar-refractivity contribution in [2.45, 2.75) is 78.6 Å². The summed E-state index contributed by atoms with van der Waals surface area (Å²) in [5, 5.41) is 3.37. The Hall–Kier alpha value is -2.97. The van der Waals surface area contributed by atoms with E-state index in [2.05, 4.69) is 24.1 Å². The molecule has 1 unspecified atom stereocenters. The quantitative estimate of drug-likeness (QED) is 0.376. The van der Waals surface area contributed by atoms with Crippen LogP contribution in [0.1, 0.15) is 66.4 Å². The standard InChI is InChI=1S/C29H40F3N3O3/c1-19(2)15-20(3)18-37-25-8-7-21(16-24(25)29(30,31)32)22-9-12-33-26(17-22)34-23-10-13-35(14-11-23)27(36)38-28(4,5)6/h7-9,12,16-17,19-20,23H,10-11,13-15,18H2,1-6H3,(H,33,34). The van der Waals surface area contributed by atoms with Crippen molar-refractivity contribution in [2.75, 3.05) is 25.0 Å². The second-order valence-corrected chi connectivity index (χ2v) is 11.6. The highest BCUT2D eigenvalue weighted by molar-refractivity contribution is 5.69. The first-order valence-electron chi connectivity index (χ1n) is 13.3. The molecule has 1 aromatic carbocycles. The number of anilines is 1. The summed E-state index contributed by atoms with van der Waals surface area (Å²) >= 11 is 0. The van der Waals surface area contributed by atoms with Crippen LogP contribution >= 0.6 is 0 Å². The molecule has 210 valence electrons. The summed E-state index contributed by atoms with van der Waals surface area (Å²) in [5.41, 5.74) is -0.268. The van der Waals surface area contributed by atoms with E-state index in [1.165, 1.54) is 6.07 Å². The van der Waals surface area contributed by atoms with Gasteiger partial charge in [0.05, 0.1) is 12.2 Å². The number of benzene rings is 1. The van der Waals surface area contributed by atoms with Gasteiger partial charge in [0.1, 0.15) is 17.2 Å². The summed E-state index contributed by atoms with van der Waals surface area (Å²) in [6.45, 7) is 13.0. The lowest BCUT2D eigenvalue weighted by molar-refractivity contribution is -0.139. The van der Waals surface area contributed by atoms with Crippen molar-refractivity contribution >= 4 is 11.9 Å². The van der Waals surface area contributed by atoms with Gasteiger partial charge in [0.15, 0.2) is 0 Å². The molecule has 0 spiro atoms. The monoisotopic (exact) mass is 535 g/mol. The highest BCUT2D eigenvalue weighted by Crippen LogP contribution is 2.39. The number of ether oxygens (including phenoxy) is 2. The largest absolute Gasteiger partial charge is 0.493 e. The Morgan fingerprint density at radius 3 is 2.34 bits per heavy atom. The van der Waals surface area contributed by atoms with Gasteiger partial charge in [-0.2, -0.15) is 13.2 Å². The first kappa shape index (κ1) is 29.6. The van der Waals surface area contributed by atoms with E-state index in [0.29, 0.717) is 48.8 Å². The molecule has 0 radical (unpaired) electrons. The minimum Gasteiger partial charge on any atom is -0.493 e. The Balaban J connectivity index is 1.68. The smallest absolute Gasteiger partial charge is 0.419 e. The molecule has 1 saturated heterocycles. The number of pyridine rings is 1. The van der Waals surface area contributed by atoms with Crippen molar-refractivity contribution in [2.24, 2.45) is 11.8 Å². The molecule has 9 heteroatoms. The molecule has 0 aliphatic carbocycles. The Kier molecular flexibility index (Phi) is 9.54. The van der Waals surface area contributed by atoms with Crippen LogP contribution in [0, 0.1) is 11.8 Å². The van der Waals surface area contributed by atoms with Crippen molar-refractivity contribution in [1.29, 1.82) is 0 Å². The van der Waals surface area contributed by atoms with Crippen LogP contribution in [-0.2, 0) is 10.9 Å². The number of hydrogen-bond acceptors (Lipinski definition) is 5. The van der Waals surface area contributed by atoms with Crippen LogP contribution in [0.5, 0.6) is 5.75 Å². The number of rotatable bonds is 8. The summed E-state index contributed by atoms with van der Waals surface area (Å²) in [5.74, 6) is 1.03. The molecule has 1 fully saturated rings. The SMILES string of the molecule is CC(C)CC(C)COc1ccc(-c2ccnc(NC3CCN(C(=O)OC(C)(C)C)CC3)c2)cc1C(F)(F)F. The van der Waals surface area contributed by atoms with Gasteiger partial charge in [-0.15, -0.1) is 0 Å². The van der Waals surface area contributed by atoms with E-state index in [0.717, 1.165) is 12.5 Å². The highest BCUT2D eigenvalue weighted by Gasteiger charge is 2.35. The van der Waals surface area contributed by atoms with Gasteiger partial charge < -0.3 is 19.7 Å². The van der Waals surface area contributed by atoms with Gasteiger partial charge in [-0.3, -0.25) is 0 Å². The van der Waals surface area contributed by atoms with Gasteiger partial charge in [0, 0.05) is 25.3 Å². The molecule has 2 heterocycles. The van der Waals surface area contributed by atoms with E-state index >= 15 is 0 Å². The lowest BCUT2D eigenvalue weighted by Crippen LogP contribution is -2.44. The molecule has 38 heavy (non-hydrogen) atoms. The molecule has 1 aromatic heterocycles. The van der Waals surface area contributed by atoms with Gasteiger partial charge in [-0.1, -0.05) is 26.8 Å². The number of halogens is 3. The van der Waals surface area contributed by atoms with Crippen molar-refractivity contribution < 1.29 is 27.4 Å². The Bertz CT molecular complexity index is 1070. The Morgan fingerprint density at radius 1 is 1.08 bits per heavy atom. The average Bonchev–Trinajstić information content (AvgIpc) is 2.81. The number of nitrogens with zero attached hydrogens (tertiary/aromatic N) is 2. The topological polar surface area (TPSA) is 63.7 Å². The van der Waals surface area contributed by atoms with Crippen molar-refractivity contribution in [1.82, 2.24) is 9.88 Å². The van der Waals surface area contributed by atoms with Crippen molar-refractivity contribution in [3.05, 3.63) is 42.1 Å². The molecule has 2 aromatic rings. The second-order valence-electron chi connectivity index (χ2n) is 11.6. The van der Waals surface area contributed by atoms with Gasteiger partial charge in [-0.05, 0) is 87.3 Å². The number of hydrogen-bond donors (Lipinski definition) is 1. The zero-order valence-corrected chi connectivity index (χ0v) is 23.2. The predicted molar refractivity (Wildman–Crippen MR) is 143 cm³/mol. The van der Waals surface area contributed by atoms with Gasteiger partial charge in [-0.25, -0.2) is 9.78 Å². The minimum atomic E-state index is -4.54. The summed E-state index contributed by atoms with van der Waals surface area (Å²) in [6, 6.07) is 7.72. The predicted octanol–water partition coefficient (Wildman–Crippen LogP) is 7.64. The van der Waals surface area contributed by atoms with Crippen LogP contribution in [-0.4, -0.2) is 47.3 Å². The summed E-state index contributed by atoms with van der Waals surface area (Å²) in [7, 11) is 0. The van der Waals surface area contributed by atoms with Crippen molar-refractivity contribution in [3.8, 4) is 16.9 Å². The van der Waals surface area contributed by atoms with E-state index in [9.17, 15) is 18.0 Å². The fourth-order valence-corrected chi connectivity index (χ4v) is 4.59. The molecular formula is C29H40F3N3O3. The fraction of sp³-hybridized carbons (Fsp3) is 0.586. The summed E-state index contributed by atoms with van der Waals surface area (Å²) < 4.78 is 52.8. The number of aromatic nitrogens is 1. The second kappa shape index (κ2) is 12.3. The van der Waals surface area contributed by atoms with E-state index in [1.54, 1.807) is 29.3 Å². The molecule has 0 saturated carbocycles. The summed E-state index contributed by atoms with van der Waals surface area (Å²) in [4.78, 5) is 18.4. The normalized spacial score (nSPS) is 15.9. The number of piperidine rings is 1. The molecular weight excluding hydrogens is 495 g/mol. The van der Waals surface area contributed by atoms with Crippen LogP contribution in [0.25, 0.3) is 11.1 Å². The van der Waals surface area contributed by atoms with Gasteiger partial charge >= 0.3 is 12.3 Å². The van der Waals surface area contributed by atoms with Crippen molar-refractivity contribution in [3.63, 3.8) is 0 Å². The molecule has 1 aliphatic rings. The Morgan fingerprint density at radius 2 is 1.74 bits per heavy atom. The number of nitrogens with one attached hydrogen (secondary N) is 1. The maximum atomic E-state index is 13.9. The Labute approximate surface area is 223 Å². The van der Waals surface area contributed by atoms with Crippen LogP contribution in [0.15, 0.2) is 36.5 Å². The lowest BCUT2D eigenvalue weighted by atomic mass is 9.99. The molecule has 1 aliphatic heterocycles.